The van der Waals surface area contributed by atoms with Crippen LogP contribution in [0.15, 0.2) is 83.4 Å². The second kappa shape index (κ2) is 8.95. The second-order valence-corrected chi connectivity index (χ2v) is 7.23. The van der Waals surface area contributed by atoms with Gasteiger partial charge in [0.25, 0.3) is 11.8 Å². The van der Waals surface area contributed by atoms with E-state index in [1.54, 1.807) is 66.7 Å². The predicted molar refractivity (Wildman–Crippen MR) is 118 cm³/mol. The summed E-state index contributed by atoms with van der Waals surface area (Å²) >= 11 is 11.9. The Balaban J connectivity index is 1.69. The average Bonchev–Trinajstić information content (AvgIpc) is 3.26. The van der Waals surface area contributed by atoms with Gasteiger partial charge in [0.15, 0.2) is 0 Å². The zero-order chi connectivity index (χ0) is 20.9. The number of aromatic nitrogens is 2. The highest BCUT2D eigenvalue weighted by Crippen LogP contribution is 2.22. The van der Waals surface area contributed by atoms with Crippen LogP contribution in [0.4, 0.5) is 0 Å². The smallest absolute Gasteiger partial charge is 0.274 e. The van der Waals surface area contributed by atoms with Gasteiger partial charge in [0.1, 0.15) is 5.70 Å². The van der Waals surface area contributed by atoms with Crippen molar-refractivity contribution in [3.63, 3.8) is 0 Å². The van der Waals surface area contributed by atoms with E-state index in [1.807, 2.05) is 18.2 Å². The Labute approximate surface area is 183 Å². The van der Waals surface area contributed by atoms with Crippen LogP contribution in [-0.4, -0.2) is 16.0 Å². The normalized spacial score (nSPS) is 11.3. The van der Waals surface area contributed by atoms with E-state index in [9.17, 15) is 4.79 Å². The van der Waals surface area contributed by atoms with Gasteiger partial charge in [0.05, 0.1) is 0 Å². The molecular formula is C23H15Cl2N3O2. The summed E-state index contributed by atoms with van der Waals surface area (Å²) < 4.78 is 5.44. The summed E-state index contributed by atoms with van der Waals surface area (Å²) in [5.74, 6) is 0.277. The van der Waals surface area contributed by atoms with Crippen LogP contribution in [0.1, 0.15) is 21.8 Å². The van der Waals surface area contributed by atoms with E-state index in [0.717, 1.165) is 11.1 Å². The Morgan fingerprint density at radius 3 is 2.17 bits per heavy atom. The van der Waals surface area contributed by atoms with Crippen molar-refractivity contribution < 1.29 is 9.32 Å². The zero-order valence-corrected chi connectivity index (χ0v) is 17.1. The summed E-state index contributed by atoms with van der Waals surface area (Å²) in [6.45, 7) is 0. The van der Waals surface area contributed by atoms with Gasteiger partial charge in [0.2, 0.25) is 5.82 Å². The highest BCUT2D eigenvalue weighted by molar-refractivity contribution is 6.30. The van der Waals surface area contributed by atoms with Crippen molar-refractivity contribution in [3.8, 4) is 11.4 Å². The van der Waals surface area contributed by atoms with E-state index >= 15 is 0 Å². The first kappa shape index (κ1) is 19.9. The molecule has 148 valence electrons. The van der Waals surface area contributed by atoms with E-state index in [2.05, 4.69) is 15.5 Å². The van der Waals surface area contributed by atoms with Crippen LogP contribution in [0.2, 0.25) is 10.0 Å². The van der Waals surface area contributed by atoms with Crippen molar-refractivity contribution in [2.24, 2.45) is 0 Å². The fraction of sp³-hybridized carbons (Fsp3) is 0. The van der Waals surface area contributed by atoms with Gasteiger partial charge in [-0.1, -0.05) is 58.7 Å². The van der Waals surface area contributed by atoms with Crippen molar-refractivity contribution in [2.75, 3.05) is 0 Å². The average molecular weight is 436 g/mol. The Bertz CT molecular complexity index is 1190. The molecule has 30 heavy (non-hydrogen) atoms. The Morgan fingerprint density at radius 2 is 1.50 bits per heavy atom. The molecule has 0 aliphatic heterocycles. The molecule has 0 aliphatic carbocycles. The molecule has 1 heterocycles. The van der Waals surface area contributed by atoms with E-state index in [-0.39, 0.29) is 11.8 Å². The van der Waals surface area contributed by atoms with Crippen molar-refractivity contribution in [3.05, 3.63) is 106 Å². The van der Waals surface area contributed by atoms with Crippen molar-refractivity contribution in [1.82, 2.24) is 15.5 Å². The third-order valence-corrected chi connectivity index (χ3v) is 4.73. The molecule has 0 radical (unpaired) electrons. The van der Waals surface area contributed by atoms with Crippen LogP contribution >= 0.6 is 23.2 Å². The molecule has 4 aromatic rings. The van der Waals surface area contributed by atoms with Gasteiger partial charge in [-0.25, -0.2) is 0 Å². The van der Waals surface area contributed by atoms with Crippen LogP contribution in [-0.2, 0) is 0 Å². The molecule has 0 saturated heterocycles. The number of rotatable bonds is 5. The molecule has 0 fully saturated rings. The third-order valence-electron chi connectivity index (χ3n) is 4.22. The second-order valence-electron chi connectivity index (χ2n) is 6.36. The first-order chi connectivity index (χ1) is 14.6. The van der Waals surface area contributed by atoms with Crippen LogP contribution in [0.25, 0.3) is 23.2 Å². The molecule has 7 heteroatoms. The fourth-order valence-corrected chi connectivity index (χ4v) is 2.96. The number of carbonyl (C=O) groups is 1. The lowest BCUT2D eigenvalue weighted by molar-refractivity contribution is 0.0973. The lowest BCUT2D eigenvalue weighted by Gasteiger charge is -2.07. The zero-order valence-electron chi connectivity index (χ0n) is 15.5. The van der Waals surface area contributed by atoms with Gasteiger partial charge in [-0.15, -0.1) is 0 Å². The summed E-state index contributed by atoms with van der Waals surface area (Å²) in [7, 11) is 0. The van der Waals surface area contributed by atoms with Gasteiger partial charge < -0.3 is 9.84 Å². The highest BCUT2D eigenvalue weighted by Gasteiger charge is 2.16. The minimum atomic E-state index is -0.290. The topological polar surface area (TPSA) is 68.0 Å². The fourth-order valence-electron chi connectivity index (χ4n) is 2.71. The number of halogens is 2. The maximum atomic E-state index is 12.7. The minimum Gasteiger partial charge on any atom is -0.332 e. The van der Waals surface area contributed by atoms with Crippen LogP contribution in [0.5, 0.6) is 0 Å². The largest absolute Gasteiger partial charge is 0.332 e. The molecule has 0 bridgehead atoms. The number of carbonyl (C=O) groups excluding carboxylic acids is 1. The van der Waals surface area contributed by atoms with Crippen LogP contribution in [0.3, 0.4) is 0 Å². The Morgan fingerprint density at radius 1 is 0.867 bits per heavy atom. The molecule has 0 saturated carbocycles. The number of nitrogens with zero attached hydrogens (tertiary/aromatic N) is 2. The lowest BCUT2D eigenvalue weighted by atomic mass is 10.1. The standard InChI is InChI=1S/C23H15Cl2N3O2/c24-18-10-6-15(7-11-18)14-20(26-22(29)17-4-2-1-3-5-17)23-27-21(28-30-23)16-8-12-19(25)13-9-16/h1-14H,(H,26,29)/b20-14-. The molecular weight excluding hydrogens is 421 g/mol. The Kier molecular flexibility index (Phi) is 5.93. The van der Waals surface area contributed by atoms with E-state index in [1.165, 1.54) is 0 Å². The van der Waals surface area contributed by atoms with Gasteiger partial charge in [-0.2, -0.15) is 4.98 Å². The number of benzene rings is 3. The van der Waals surface area contributed by atoms with E-state index in [0.29, 0.717) is 27.1 Å². The van der Waals surface area contributed by atoms with Crippen LogP contribution in [0, 0.1) is 0 Å². The lowest BCUT2D eigenvalue weighted by Crippen LogP contribution is -2.22. The number of hydrogen-bond acceptors (Lipinski definition) is 4. The van der Waals surface area contributed by atoms with Gasteiger partial charge >= 0.3 is 0 Å². The van der Waals surface area contributed by atoms with Crippen molar-refractivity contribution in [2.45, 2.75) is 0 Å². The van der Waals surface area contributed by atoms with Gasteiger partial charge in [-0.3, -0.25) is 4.79 Å². The number of hydrogen-bond donors (Lipinski definition) is 1. The van der Waals surface area contributed by atoms with Gasteiger partial charge in [0, 0.05) is 21.2 Å². The third kappa shape index (κ3) is 4.76. The molecule has 1 N–H and O–H groups in total. The summed E-state index contributed by atoms with van der Waals surface area (Å²) in [4.78, 5) is 17.2. The number of nitrogens with one attached hydrogen (secondary N) is 1. The minimum absolute atomic E-state index is 0.180. The molecule has 1 amide bonds. The quantitative estimate of drug-likeness (QED) is 0.419. The molecule has 0 unspecified atom stereocenters. The summed E-state index contributed by atoms with van der Waals surface area (Å²) in [5, 5.41) is 8.12. The predicted octanol–water partition coefficient (Wildman–Crippen LogP) is 5.97. The highest BCUT2D eigenvalue weighted by atomic mass is 35.5. The summed E-state index contributed by atoms with van der Waals surface area (Å²) in [6.07, 6.45) is 1.75. The first-order valence-electron chi connectivity index (χ1n) is 9.02. The molecule has 3 aromatic carbocycles. The summed E-state index contributed by atoms with van der Waals surface area (Å²) in [5.41, 5.74) is 2.44. The SMILES string of the molecule is O=C(N/C(=C\c1ccc(Cl)cc1)c1nc(-c2ccc(Cl)cc2)no1)c1ccccc1. The maximum Gasteiger partial charge on any atom is 0.274 e. The molecule has 4 rings (SSSR count). The summed E-state index contributed by atoms with van der Waals surface area (Å²) in [6, 6.07) is 23.1. The first-order valence-corrected chi connectivity index (χ1v) is 9.78. The Hall–Kier alpha value is -3.41. The molecule has 5 nitrogen and oxygen atoms in total. The molecule has 0 atom stereocenters. The maximum absolute atomic E-state index is 12.7. The van der Waals surface area contributed by atoms with E-state index < -0.39 is 0 Å². The van der Waals surface area contributed by atoms with E-state index in [4.69, 9.17) is 27.7 Å². The van der Waals surface area contributed by atoms with Crippen molar-refractivity contribution in [1.29, 1.82) is 0 Å². The molecule has 0 aliphatic rings. The molecule has 1 aromatic heterocycles. The van der Waals surface area contributed by atoms with Crippen LogP contribution < -0.4 is 5.32 Å². The van der Waals surface area contributed by atoms with Gasteiger partial charge in [-0.05, 0) is 60.2 Å². The number of amides is 1. The van der Waals surface area contributed by atoms with Crippen molar-refractivity contribution >= 4 is 40.9 Å². The molecule has 0 spiro atoms. The monoisotopic (exact) mass is 435 g/mol.